The van der Waals surface area contributed by atoms with Gasteiger partial charge in [0.1, 0.15) is 0 Å². The van der Waals surface area contributed by atoms with E-state index >= 15 is 0 Å². The van der Waals surface area contributed by atoms with Crippen LogP contribution >= 0.6 is 36.4 Å². The molecule has 0 atom stereocenters. The fraction of sp³-hybridized carbons (Fsp3) is 0.0750. The number of hydrogen-bond donors (Lipinski definition) is 0. The van der Waals surface area contributed by atoms with Gasteiger partial charge in [-0.1, -0.05) is 0 Å². The molecule has 0 nitrogen and oxygen atoms in total. The van der Waals surface area contributed by atoms with Crippen molar-refractivity contribution in [1.82, 2.24) is 0 Å². The first-order valence-corrected chi connectivity index (χ1v) is 21.8. The molecule has 8 rings (SSSR count). The van der Waals surface area contributed by atoms with Crippen LogP contribution in [0.1, 0.15) is 23.1 Å². The van der Waals surface area contributed by atoms with Crippen molar-refractivity contribution in [3.05, 3.63) is 158 Å². The summed E-state index contributed by atoms with van der Waals surface area (Å²) < 4.78 is 11.1. The van der Waals surface area contributed by atoms with Crippen LogP contribution in [0, 0.1) is 6.92 Å². The molecule has 2 aliphatic carbocycles. The zero-order valence-electron chi connectivity index (χ0n) is 24.5. The first kappa shape index (κ1) is 30.9. The van der Waals surface area contributed by atoms with Crippen molar-refractivity contribution in [3.8, 4) is 11.1 Å². The molecule has 0 spiro atoms. The summed E-state index contributed by atoms with van der Waals surface area (Å²) in [4.78, 5) is 0. The van der Waals surface area contributed by atoms with Crippen molar-refractivity contribution >= 4 is 72.0 Å². The van der Waals surface area contributed by atoms with E-state index in [1.807, 2.05) is 6.07 Å². The summed E-state index contributed by atoms with van der Waals surface area (Å²) in [6, 6.07) is 42.8. The minimum absolute atomic E-state index is 0. The third-order valence-corrected chi connectivity index (χ3v) is 26.5. The predicted octanol–water partition coefficient (Wildman–Crippen LogP) is 9.61. The summed E-state index contributed by atoms with van der Waals surface area (Å²) >= 11 is 1.98. The molecule has 0 aliphatic heterocycles. The Morgan fingerprint density at radius 3 is 2.16 bits per heavy atom. The van der Waals surface area contributed by atoms with E-state index < -0.39 is 18.3 Å². The third-order valence-electron chi connectivity index (χ3n) is 10.0. The maximum atomic E-state index is 6.84. The Balaban J connectivity index is 0.00000171. The van der Waals surface area contributed by atoms with Gasteiger partial charge in [-0.05, 0) is 0 Å². The van der Waals surface area contributed by atoms with Crippen molar-refractivity contribution in [2.24, 2.45) is 0 Å². The Morgan fingerprint density at radius 2 is 1.41 bits per heavy atom. The van der Waals surface area contributed by atoms with E-state index in [0.29, 0.717) is 0 Å². The van der Waals surface area contributed by atoms with Gasteiger partial charge in [-0.15, -0.1) is 24.8 Å². The number of fused-ring (bicyclic) bond motifs is 8. The second kappa shape index (κ2) is 11.4. The van der Waals surface area contributed by atoms with E-state index in [2.05, 4.69) is 134 Å². The molecule has 0 fully saturated rings. The topological polar surface area (TPSA) is 0 Å². The van der Waals surface area contributed by atoms with Crippen LogP contribution in [0.4, 0.5) is 0 Å². The molecule has 0 heterocycles. The molecule has 0 bridgehead atoms. The average molecular weight is 711 g/mol. The Hall–Kier alpha value is -3.06. The van der Waals surface area contributed by atoms with Crippen molar-refractivity contribution in [1.29, 1.82) is 0 Å². The van der Waals surface area contributed by atoms with E-state index in [0.717, 1.165) is 17.9 Å². The van der Waals surface area contributed by atoms with Gasteiger partial charge >= 0.3 is 255 Å². The summed E-state index contributed by atoms with van der Waals surface area (Å²) in [5.74, 6) is 0. The van der Waals surface area contributed by atoms with Gasteiger partial charge in [-0.25, -0.2) is 0 Å². The molecule has 218 valence electrons. The molecule has 6 aromatic rings. The normalized spacial score (nSPS) is 13.7. The van der Waals surface area contributed by atoms with Crippen molar-refractivity contribution in [2.75, 3.05) is 0 Å². The molecule has 0 aromatic heterocycles. The summed E-state index contributed by atoms with van der Waals surface area (Å²) in [5.41, 5.74) is 6.84. The van der Waals surface area contributed by atoms with Gasteiger partial charge in [0.2, 0.25) is 0 Å². The second-order valence-corrected chi connectivity index (χ2v) is 25.5. The number of hydrogen-bond acceptors (Lipinski definition) is 0. The van der Waals surface area contributed by atoms with Crippen LogP contribution in [0.3, 0.4) is 0 Å². The zero-order chi connectivity index (χ0) is 28.5. The van der Waals surface area contributed by atoms with Crippen molar-refractivity contribution < 1.29 is 18.3 Å². The third kappa shape index (κ3) is 4.17. The first-order chi connectivity index (χ1) is 20.5. The summed E-state index contributed by atoms with van der Waals surface area (Å²) in [6.07, 6.45) is 8.73. The van der Waals surface area contributed by atoms with Crippen molar-refractivity contribution in [2.45, 2.75) is 19.8 Å². The quantitative estimate of drug-likeness (QED) is 0.160. The van der Waals surface area contributed by atoms with Crippen LogP contribution in [0.25, 0.3) is 32.7 Å². The standard InChI is InChI=1S/C21H13.C7H7.C6H4Cl.C5H5.CH2.2ClH.Zr/c1-2-8-15-14(7-1)13-20-18-11-4-3-9-16(18)17-10-5-6-12-19(17)21(15)20;1-7-5-3-2-4-6-7;7-6-4-2-1-3-5-6;1-2-4-5-3-1;;;;/h1-10,12H,13H2;3-6H,1H3;1-2,4-5H;1-3H,4H2;1H2;2*1H;. The molecule has 0 unspecified atom stereocenters. The van der Waals surface area contributed by atoms with Gasteiger partial charge in [-0.2, -0.15) is 0 Å². The molecular weight excluding hydrogens is 678 g/mol. The number of rotatable bonds is 4. The van der Waals surface area contributed by atoms with Gasteiger partial charge in [0.15, 0.2) is 0 Å². The SMILES string of the molecule is Cl.Cl.[CH2]=[Zr]([C]1=CC=CC1)([c]1ccc(C)cc1)([c]1cccc(Cl)c1)[c]1cccc2c1c1c(c3ccccc32)-c2ccccc2C1. The monoisotopic (exact) mass is 708 g/mol. The molecular formula is C40H33Cl3Zr. The molecule has 6 aromatic carbocycles. The molecule has 0 amide bonds. The molecule has 2 aliphatic rings. The molecule has 0 radical (unpaired) electrons. The zero-order valence-corrected chi connectivity index (χ0v) is 29.4. The molecule has 0 saturated carbocycles. The predicted molar refractivity (Wildman–Crippen MR) is 195 cm³/mol. The molecule has 0 saturated heterocycles. The Kier molecular flexibility index (Phi) is 8.01. The first-order valence-electron chi connectivity index (χ1n) is 14.8. The van der Waals surface area contributed by atoms with Crippen LogP contribution in [0.5, 0.6) is 0 Å². The van der Waals surface area contributed by atoms with E-state index in [-0.39, 0.29) is 24.8 Å². The summed E-state index contributed by atoms with van der Waals surface area (Å²) in [5, 5.41) is 6.11. The van der Waals surface area contributed by atoms with E-state index in [1.54, 1.807) is 0 Å². The van der Waals surface area contributed by atoms with Gasteiger partial charge in [0.05, 0.1) is 0 Å². The maximum absolute atomic E-state index is 6.84. The van der Waals surface area contributed by atoms with Crippen molar-refractivity contribution in [3.63, 3.8) is 0 Å². The van der Waals surface area contributed by atoms with Gasteiger partial charge in [-0.3, -0.25) is 0 Å². The van der Waals surface area contributed by atoms with Gasteiger partial charge in [0, 0.05) is 0 Å². The Morgan fingerprint density at radius 1 is 0.705 bits per heavy atom. The molecule has 4 heteroatoms. The summed E-state index contributed by atoms with van der Waals surface area (Å²) in [7, 11) is 0. The minimum atomic E-state index is -4.86. The van der Waals surface area contributed by atoms with Crippen LogP contribution in [-0.2, 0) is 24.7 Å². The molecule has 44 heavy (non-hydrogen) atoms. The van der Waals surface area contributed by atoms with Crippen LogP contribution in [0.15, 0.2) is 137 Å². The van der Waals surface area contributed by atoms with E-state index in [9.17, 15) is 0 Å². The Labute approximate surface area is 277 Å². The van der Waals surface area contributed by atoms with Gasteiger partial charge < -0.3 is 0 Å². The number of aryl methyl sites for hydroxylation is 1. The van der Waals surface area contributed by atoms with Gasteiger partial charge in [0.25, 0.3) is 0 Å². The number of allylic oxidation sites excluding steroid dienone is 4. The van der Waals surface area contributed by atoms with Crippen LogP contribution < -0.4 is 9.81 Å². The summed E-state index contributed by atoms with van der Waals surface area (Å²) in [6.45, 7) is 2.17. The molecule has 0 N–H and O–H groups in total. The second-order valence-electron chi connectivity index (χ2n) is 12.1. The van der Waals surface area contributed by atoms with Crippen LogP contribution in [-0.4, -0.2) is 4.21 Å². The average Bonchev–Trinajstić information content (AvgIpc) is 3.71. The van der Waals surface area contributed by atoms with E-state index in [1.165, 1.54) is 62.5 Å². The fourth-order valence-corrected chi connectivity index (χ4v) is 23.7. The fourth-order valence-electron chi connectivity index (χ4n) is 8.01. The number of benzene rings is 6. The van der Waals surface area contributed by atoms with Crippen LogP contribution in [0.2, 0.25) is 5.02 Å². The Bertz CT molecular complexity index is 2220. The number of halogens is 3. The van der Waals surface area contributed by atoms with E-state index in [4.69, 9.17) is 15.8 Å².